The number of rotatable bonds is 9. The Balaban J connectivity index is 2.49. The van der Waals surface area contributed by atoms with Crippen LogP contribution in [-0.2, 0) is 6.42 Å². The highest BCUT2D eigenvalue weighted by Crippen LogP contribution is 2.25. The number of benzene rings is 1. The van der Waals surface area contributed by atoms with Gasteiger partial charge in [0.2, 0.25) is 0 Å². The smallest absolute Gasteiger partial charge is 0.118 e. The molecule has 1 aromatic rings. The average molecular weight is 326 g/mol. The van der Waals surface area contributed by atoms with E-state index >= 15 is 0 Å². The van der Waals surface area contributed by atoms with Crippen LogP contribution in [0.3, 0.4) is 0 Å². The van der Waals surface area contributed by atoms with E-state index in [0.29, 0.717) is 12.8 Å². The molecule has 4 N–H and O–H groups in total. The van der Waals surface area contributed by atoms with Gasteiger partial charge in [-0.2, -0.15) is 0 Å². The van der Waals surface area contributed by atoms with Gasteiger partial charge in [0.05, 0.1) is 30.5 Å². The Kier molecular flexibility index (Phi) is 7.02. The second kappa shape index (κ2) is 8.11. The largest absolute Gasteiger partial charge is 0.497 e. The first-order chi connectivity index (χ1) is 10.6. The lowest BCUT2D eigenvalue weighted by molar-refractivity contribution is -0.0946. The number of methoxy groups -OCH3 is 1. The normalized spacial score (nSPS) is 17.4. The van der Waals surface area contributed by atoms with Gasteiger partial charge in [0.1, 0.15) is 5.75 Å². The molecule has 0 aliphatic rings. The monoisotopic (exact) mass is 326 g/mol. The predicted octanol–water partition coefficient (Wildman–Crippen LogP) is 1.65. The maximum atomic E-state index is 10.4. The van der Waals surface area contributed by atoms with Crippen molar-refractivity contribution < 1.29 is 25.2 Å². The fraction of sp³-hybridized carbons (Fsp3) is 0.667. The summed E-state index contributed by atoms with van der Waals surface area (Å²) in [7, 11) is 1.61. The van der Waals surface area contributed by atoms with Gasteiger partial charge in [-0.25, -0.2) is 0 Å². The maximum absolute atomic E-state index is 10.4. The predicted molar refractivity (Wildman–Crippen MR) is 89.5 cm³/mol. The van der Waals surface area contributed by atoms with Crippen molar-refractivity contribution in [2.75, 3.05) is 7.11 Å². The number of ether oxygens (including phenoxy) is 1. The molecule has 3 atom stereocenters. The minimum atomic E-state index is -1.31. The molecule has 23 heavy (non-hydrogen) atoms. The van der Waals surface area contributed by atoms with Gasteiger partial charge in [0, 0.05) is 0 Å². The van der Waals surface area contributed by atoms with Gasteiger partial charge in [0.15, 0.2) is 0 Å². The third kappa shape index (κ3) is 6.47. The number of hydrogen-bond donors (Lipinski definition) is 4. The van der Waals surface area contributed by atoms with Crippen LogP contribution in [0.4, 0.5) is 0 Å². The van der Waals surface area contributed by atoms with Crippen LogP contribution in [0.1, 0.15) is 45.6 Å². The van der Waals surface area contributed by atoms with E-state index in [2.05, 4.69) is 0 Å². The molecule has 5 nitrogen and oxygen atoms in total. The Morgan fingerprint density at radius 2 is 1.52 bits per heavy atom. The molecule has 0 saturated carbocycles. The lowest BCUT2D eigenvalue weighted by Gasteiger charge is -2.32. The molecule has 1 aromatic carbocycles. The third-order valence-corrected chi connectivity index (χ3v) is 4.32. The summed E-state index contributed by atoms with van der Waals surface area (Å²) in [5.74, 6) is 0.780. The van der Waals surface area contributed by atoms with E-state index in [1.807, 2.05) is 24.3 Å². The first kappa shape index (κ1) is 19.9. The SMILES string of the molecule is COc1ccc(CC[C@@H](O)[C@](C)(O)CC[C@@H](O)C(C)(C)O)cc1. The minimum Gasteiger partial charge on any atom is -0.497 e. The molecule has 5 heteroatoms. The molecule has 132 valence electrons. The van der Waals surface area contributed by atoms with Crippen LogP contribution in [0.5, 0.6) is 5.75 Å². The summed E-state index contributed by atoms with van der Waals surface area (Å²) in [5.41, 5.74) is -1.47. The van der Waals surface area contributed by atoms with Crippen molar-refractivity contribution in [2.24, 2.45) is 0 Å². The molecular formula is C18H30O5. The number of aryl methyl sites for hydroxylation is 1. The molecule has 0 saturated heterocycles. The van der Waals surface area contributed by atoms with Crippen LogP contribution in [0.15, 0.2) is 24.3 Å². The van der Waals surface area contributed by atoms with Gasteiger partial charge >= 0.3 is 0 Å². The van der Waals surface area contributed by atoms with Crippen molar-refractivity contribution in [3.05, 3.63) is 29.8 Å². The Morgan fingerprint density at radius 3 is 2.00 bits per heavy atom. The van der Waals surface area contributed by atoms with Crippen molar-refractivity contribution in [3.63, 3.8) is 0 Å². The lowest BCUT2D eigenvalue weighted by atomic mass is 9.86. The fourth-order valence-corrected chi connectivity index (χ4v) is 2.36. The van der Waals surface area contributed by atoms with E-state index in [1.165, 1.54) is 13.8 Å². The Hall–Kier alpha value is -1.14. The van der Waals surface area contributed by atoms with Crippen LogP contribution < -0.4 is 4.74 Å². The van der Waals surface area contributed by atoms with Crippen LogP contribution in [-0.4, -0.2) is 50.9 Å². The second-order valence-corrected chi connectivity index (χ2v) is 6.97. The van der Waals surface area contributed by atoms with E-state index in [1.54, 1.807) is 14.0 Å². The first-order valence-electron chi connectivity index (χ1n) is 8.00. The van der Waals surface area contributed by atoms with Crippen LogP contribution in [0.2, 0.25) is 0 Å². The molecule has 0 bridgehead atoms. The topological polar surface area (TPSA) is 90.2 Å². The summed E-state index contributed by atoms with van der Waals surface area (Å²) < 4.78 is 5.10. The summed E-state index contributed by atoms with van der Waals surface area (Å²) >= 11 is 0. The number of hydrogen-bond acceptors (Lipinski definition) is 5. The quantitative estimate of drug-likeness (QED) is 0.554. The highest BCUT2D eigenvalue weighted by Gasteiger charge is 2.33. The van der Waals surface area contributed by atoms with E-state index in [0.717, 1.165) is 11.3 Å². The van der Waals surface area contributed by atoms with E-state index < -0.39 is 23.4 Å². The highest BCUT2D eigenvalue weighted by molar-refractivity contribution is 5.27. The second-order valence-electron chi connectivity index (χ2n) is 6.97. The first-order valence-corrected chi connectivity index (χ1v) is 8.00. The zero-order valence-corrected chi connectivity index (χ0v) is 14.5. The van der Waals surface area contributed by atoms with Crippen LogP contribution in [0, 0.1) is 0 Å². The van der Waals surface area contributed by atoms with Crippen molar-refractivity contribution in [3.8, 4) is 5.75 Å². The van der Waals surface area contributed by atoms with E-state index in [4.69, 9.17) is 4.74 Å². The molecule has 1 rings (SSSR count). The molecule has 0 spiro atoms. The molecule has 0 heterocycles. The van der Waals surface area contributed by atoms with Crippen LogP contribution >= 0.6 is 0 Å². The highest BCUT2D eigenvalue weighted by atomic mass is 16.5. The standard InChI is InChI=1S/C18H30O5/c1-17(2,21)15(19)11-12-18(3,22)16(20)10-7-13-5-8-14(23-4)9-6-13/h5-6,8-9,15-16,19-22H,7,10-12H2,1-4H3/t15-,16-,18-/m1/s1. The fourth-order valence-electron chi connectivity index (χ4n) is 2.36. The van der Waals surface area contributed by atoms with Gasteiger partial charge in [0.25, 0.3) is 0 Å². The molecular weight excluding hydrogens is 296 g/mol. The minimum absolute atomic E-state index is 0.210. The summed E-state index contributed by atoms with van der Waals surface area (Å²) in [6.45, 7) is 4.60. The number of aliphatic hydroxyl groups is 4. The van der Waals surface area contributed by atoms with Gasteiger partial charge in [-0.15, -0.1) is 0 Å². The Bertz CT molecular complexity index is 461. The molecule has 0 aliphatic heterocycles. The summed E-state index contributed by atoms with van der Waals surface area (Å²) in [5, 5.41) is 40.2. The zero-order valence-electron chi connectivity index (χ0n) is 14.5. The summed E-state index contributed by atoms with van der Waals surface area (Å²) in [6, 6.07) is 7.58. The summed E-state index contributed by atoms with van der Waals surface area (Å²) in [4.78, 5) is 0. The number of aliphatic hydroxyl groups excluding tert-OH is 2. The maximum Gasteiger partial charge on any atom is 0.118 e. The molecule has 0 amide bonds. The molecule has 0 fully saturated rings. The average Bonchev–Trinajstić information content (AvgIpc) is 2.49. The van der Waals surface area contributed by atoms with Crippen molar-refractivity contribution in [1.82, 2.24) is 0 Å². The van der Waals surface area contributed by atoms with Crippen molar-refractivity contribution in [1.29, 1.82) is 0 Å². The van der Waals surface area contributed by atoms with Gasteiger partial charge in [-0.3, -0.25) is 0 Å². The van der Waals surface area contributed by atoms with Gasteiger partial charge < -0.3 is 25.2 Å². The van der Waals surface area contributed by atoms with Gasteiger partial charge in [-0.1, -0.05) is 12.1 Å². The van der Waals surface area contributed by atoms with Gasteiger partial charge in [-0.05, 0) is 64.2 Å². The van der Waals surface area contributed by atoms with Crippen molar-refractivity contribution >= 4 is 0 Å². The van der Waals surface area contributed by atoms with Crippen molar-refractivity contribution in [2.45, 2.75) is 69.9 Å². The summed E-state index contributed by atoms with van der Waals surface area (Å²) in [6.07, 6.45) is -0.368. The lowest BCUT2D eigenvalue weighted by Crippen LogP contribution is -2.43. The molecule has 0 aliphatic carbocycles. The Morgan fingerprint density at radius 1 is 0.957 bits per heavy atom. The molecule has 0 unspecified atom stereocenters. The molecule has 0 radical (unpaired) electrons. The molecule has 0 aromatic heterocycles. The zero-order chi connectivity index (χ0) is 17.7. The Labute approximate surface area is 138 Å². The van der Waals surface area contributed by atoms with Crippen LogP contribution in [0.25, 0.3) is 0 Å². The van der Waals surface area contributed by atoms with E-state index in [-0.39, 0.29) is 12.8 Å². The van der Waals surface area contributed by atoms with E-state index in [9.17, 15) is 20.4 Å². The third-order valence-electron chi connectivity index (χ3n) is 4.32.